The van der Waals surface area contributed by atoms with E-state index < -0.39 is 6.17 Å². The van der Waals surface area contributed by atoms with E-state index >= 15 is 0 Å². The molecule has 26 valence electrons. The predicted octanol–water partition coefficient (Wildman–Crippen LogP) is 1.36. The van der Waals surface area contributed by atoms with Crippen LogP contribution in [0.2, 0.25) is 0 Å². The molecule has 0 bridgehead atoms. The first-order valence-electron chi connectivity index (χ1n) is 1.37. The third-order valence-corrected chi connectivity index (χ3v) is 0. The molecule has 0 fully saturated rings. The summed E-state index contributed by atoms with van der Waals surface area (Å²) in [5.74, 6) is 0. The lowest BCUT2D eigenvalue weighted by molar-refractivity contribution is 0.391. The summed E-state index contributed by atoms with van der Waals surface area (Å²) in [4.78, 5) is 0. The van der Waals surface area contributed by atoms with Gasteiger partial charge in [0.2, 0.25) is 0 Å². The summed E-state index contributed by atoms with van der Waals surface area (Å²) in [7, 11) is 0. The molecule has 0 heterocycles. The normalized spacial score (nSPS) is 9.00. The van der Waals surface area contributed by atoms with Gasteiger partial charge in [0, 0.05) is 0 Å². The van der Waals surface area contributed by atoms with Crippen LogP contribution in [0.1, 0.15) is 13.8 Å². The van der Waals surface area contributed by atoms with Crippen LogP contribution < -0.4 is 0 Å². The van der Waals surface area contributed by atoms with Gasteiger partial charge in [0.25, 0.3) is 0 Å². The standard InChI is InChI=1S/C3H7F/c1-3(2)4/h3H,1-2H3. The van der Waals surface area contributed by atoms with Crippen molar-refractivity contribution < 1.29 is 4.39 Å². The minimum Gasteiger partial charge on any atom is -0.248 e. The summed E-state index contributed by atoms with van der Waals surface area (Å²) in [5, 5.41) is 0. The molecule has 0 amide bonds. The van der Waals surface area contributed by atoms with E-state index in [1.807, 2.05) is 0 Å². The fraction of sp³-hybridized carbons (Fsp3) is 1.00. The second kappa shape index (κ2) is 1.27. The maximum absolute atomic E-state index is 11.0. The van der Waals surface area contributed by atoms with Crippen molar-refractivity contribution in [2.24, 2.45) is 0 Å². The van der Waals surface area contributed by atoms with Crippen molar-refractivity contribution in [1.29, 1.82) is 0 Å². The van der Waals surface area contributed by atoms with Crippen LogP contribution in [-0.2, 0) is 0 Å². The minimum absolute atomic E-state index is 0.667. The number of hydrogen-bond acceptors (Lipinski definition) is 0. The lowest BCUT2D eigenvalue weighted by Crippen LogP contribution is -1.73. The van der Waals surface area contributed by atoms with Gasteiger partial charge in [0.15, 0.2) is 0 Å². The molecular formula is C3H7F. The Morgan fingerprint density at radius 1 is 1.50 bits per heavy atom. The van der Waals surface area contributed by atoms with E-state index in [4.69, 9.17) is 0 Å². The number of rotatable bonds is 0. The van der Waals surface area contributed by atoms with Crippen LogP contribution in [0.5, 0.6) is 0 Å². The first-order chi connectivity index (χ1) is 1.73. The third-order valence-electron chi connectivity index (χ3n) is 0. The largest absolute Gasteiger partial charge is 0.248 e. The quantitative estimate of drug-likeness (QED) is 0.397. The molecule has 0 aliphatic carbocycles. The maximum atomic E-state index is 11.0. The average molecular weight is 62.1 g/mol. The maximum Gasteiger partial charge on any atom is 0.0945 e. The predicted molar refractivity (Wildman–Crippen MR) is 16.2 cm³/mol. The number of hydrogen-bond donors (Lipinski definition) is 0. The summed E-state index contributed by atoms with van der Waals surface area (Å²) < 4.78 is 11.0. The highest BCUT2D eigenvalue weighted by atomic mass is 19.1. The molecule has 0 aromatic heterocycles. The highest BCUT2D eigenvalue weighted by Crippen LogP contribution is 1.77. The molecule has 0 atom stereocenters. The molecule has 1 heteroatoms. The van der Waals surface area contributed by atoms with Crippen LogP contribution in [0.25, 0.3) is 0 Å². The molecule has 0 rings (SSSR count). The van der Waals surface area contributed by atoms with Gasteiger partial charge in [-0.2, -0.15) is 0 Å². The van der Waals surface area contributed by atoms with E-state index in [1.54, 1.807) is 0 Å². The van der Waals surface area contributed by atoms with E-state index in [-0.39, 0.29) is 0 Å². The zero-order valence-corrected chi connectivity index (χ0v) is 2.96. The van der Waals surface area contributed by atoms with Gasteiger partial charge in [0.05, 0.1) is 6.17 Å². The molecule has 0 aliphatic heterocycles. The van der Waals surface area contributed by atoms with Gasteiger partial charge in [-0.1, -0.05) is 0 Å². The Morgan fingerprint density at radius 3 is 1.50 bits per heavy atom. The fourth-order valence-corrected chi connectivity index (χ4v) is 0. The molecule has 0 aliphatic rings. The van der Waals surface area contributed by atoms with Crippen molar-refractivity contribution in [1.82, 2.24) is 0 Å². The van der Waals surface area contributed by atoms with Gasteiger partial charge in [-0.3, -0.25) is 0 Å². The van der Waals surface area contributed by atoms with Gasteiger partial charge in [0.1, 0.15) is 0 Å². The molecular weight excluding hydrogens is 55.0 g/mol. The van der Waals surface area contributed by atoms with Crippen molar-refractivity contribution >= 4 is 0 Å². The highest BCUT2D eigenvalue weighted by molar-refractivity contribution is 4.22. The molecule has 0 aromatic rings. The van der Waals surface area contributed by atoms with Crippen molar-refractivity contribution in [3.8, 4) is 0 Å². The van der Waals surface area contributed by atoms with Crippen LogP contribution in [-0.4, -0.2) is 6.17 Å². The molecule has 0 unspecified atom stereocenters. The van der Waals surface area contributed by atoms with Gasteiger partial charge in [-0.05, 0) is 13.8 Å². The van der Waals surface area contributed by atoms with Gasteiger partial charge < -0.3 is 0 Å². The minimum atomic E-state index is -0.667. The Hall–Kier alpha value is -0.0700. The lowest BCUT2D eigenvalue weighted by atomic mass is 10.5. The lowest BCUT2D eigenvalue weighted by Gasteiger charge is -1.74. The zero-order chi connectivity index (χ0) is 3.58. The summed E-state index contributed by atoms with van der Waals surface area (Å²) in [6, 6.07) is 0. The molecule has 0 nitrogen and oxygen atoms in total. The molecule has 0 N–H and O–H groups in total. The molecule has 0 saturated carbocycles. The average Bonchev–Trinajstić information content (AvgIpc) is 0.811. The summed E-state index contributed by atoms with van der Waals surface area (Å²) in [6.45, 7) is 3.00. The van der Waals surface area contributed by atoms with Gasteiger partial charge in [-0.15, -0.1) is 0 Å². The third kappa shape index (κ3) is 341. The Bertz CT molecular complexity index is 8.00. The van der Waals surface area contributed by atoms with E-state index in [0.717, 1.165) is 0 Å². The molecule has 0 saturated heterocycles. The Morgan fingerprint density at radius 2 is 1.50 bits per heavy atom. The fourth-order valence-electron chi connectivity index (χ4n) is 0. The smallest absolute Gasteiger partial charge is 0.0945 e. The highest BCUT2D eigenvalue weighted by Gasteiger charge is 1.73. The number of alkyl halides is 1. The van der Waals surface area contributed by atoms with E-state index in [1.165, 1.54) is 13.8 Å². The second-order valence-corrected chi connectivity index (χ2v) is 1.01. The van der Waals surface area contributed by atoms with Crippen LogP contribution in [0.4, 0.5) is 4.39 Å². The van der Waals surface area contributed by atoms with E-state index in [2.05, 4.69) is 0 Å². The van der Waals surface area contributed by atoms with Crippen molar-refractivity contribution in [2.45, 2.75) is 20.0 Å². The first-order valence-corrected chi connectivity index (χ1v) is 1.37. The summed E-state index contributed by atoms with van der Waals surface area (Å²) in [6.07, 6.45) is -0.667. The second-order valence-electron chi connectivity index (χ2n) is 1.01. The van der Waals surface area contributed by atoms with Crippen LogP contribution in [0, 0.1) is 0 Å². The van der Waals surface area contributed by atoms with Crippen molar-refractivity contribution in [2.75, 3.05) is 0 Å². The van der Waals surface area contributed by atoms with Crippen LogP contribution in [0.3, 0.4) is 0 Å². The SMILES string of the molecule is CC(C)F. The monoisotopic (exact) mass is 62.1 g/mol. The van der Waals surface area contributed by atoms with Crippen LogP contribution in [0.15, 0.2) is 0 Å². The Labute approximate surface area is 25.6 Å². The molecule has 0 spiro atoms. The zero-order valence-electron chi connectivity index (χ0n) is 2.96. The van der Waals surface area contributed by atoms with E-state index in [9.17, 15) is 4.39 Å². The Balaban J connectivity index is 2.32. The number of halogens is 1. The molecule has 0 radical (unpaired) electrons. The van der Waals surface area contributed by atoms with E-state index in [0.29, 0.717) is 0 Å². The topological polar surface area (TPSA) is 0 Å². The molecule has 0 aromatic carbocycles. The van der Waals surface area contributed by atoms with Crippen LogP contribution >= 0.6 is 0 Å². The Kier molecular flexibility index (Phi) is 1.25. The van der Waals surface area contributed by atoms with Gasteiger partial charge in [-0.25, -0.2) is 4.39 Å². The summed E-state index contributed by atoms with van der Waals surface area (Å²) in [5.41, 5.74) is 0. The van der Waals surface area contributed by atoms with Crippen molar-refractivity contribution in [3.05, 3.63) is 0 Å². The first kappa shape index (κ1) is 3.93. The van der Waals surface area contributed by atoms with Crippen molar-refractivity contribution in [3.63, 3.8) is 0 Å². The summed E-state index contributed by atoms with van der Waals surface area (Å²) >= 11 is 0. The van der Waals surface area contributed by atoms with Gasteiger partial charge >= 0.3 is 0 Å². The molecule has 4 heavy (non-hydrogen) atoms.